The number of methoxy groups -OCH3 is 1. The smallest absolute Gasteiger partial charge is 0.416 e. The first-order chi connectivity index (χ1) is 13.2. The Balaban J connectivity index is 1.80. The van der Waals surface area contributed by atoms with Crippen LogP contribution >= 0.6 is 11.8 Å². The van der Waals surface area contributed by atoms with Crippen LogP contribution in [0.1, 0.15) is 17.5 Å². The van der Waals surface area contributed by atoms with Crippen molar-refractivity contribution in [2.45, 2.75) is 19.0 Å². The van der Waals surface area contributed by atoms with E-state index >= 15 is 0 Å². The minimum atomic E-state index is -4.48. The zero-order chi connectivity index (χ0) is 20.7. The summed E-state index contributed by atoms with van der Waals surface area (Å²) in [6, 6.07) is 4.49. The number of benzene rings is 1. The number of rotatable bonds is 7. The van der Waals surface area contributed by atoms with Crippen molar-refractivity contribution in [2.24, 2.45) is 0 Å². The Hall–Kier alpha value is -2.49. The molecule has 0 atom stereocenters. The Morgan fingerprint density at radius 3 is 2.75 bits per heavy atom. The van der Waals surface area contributed by atoms with Gasteiger partial charge in [0.25, 0.3) is 0 Å². The Kier molecular flexibility index (Phi) is 7.50. The lowest BCUT2D eigenvalue weighted by molar-refractivity contribution is -0.143. The van der Waals surface area contributed by atoms with Gasteiger partial charge in [-0.1, -0.05) is 30.0 Å². The fourth-order valence-electron chi connectivity index (χ4n) is 2.41. The minimum Gasteiger partial charge on any atom is -0.466 e. The normalized spacial score (nSPS) is 15.8. The lowest BCUT2D eigenvalue weighted by atomic mass is 10.1. The summed E-state index contributed by atoms with van der Waals surface area (Å²) >= 11 is 1.21. The van der Waals surface area contributed by atoms with Gasteiger partial charge in [-0.25, -0.2) is 4.79 Å². The van der Waals surface area contributed by atoms with Gasteiger partial charge in [-0.05, 0) is 18.1 Å². The molecule has 152 valence electrons. The number of hydrogen-bond donors (Lipinski definition) is 0. The lowest BCUT2D eigenvalue weighted by Crippen LogP contribution is -2.27. The molecule has 1 fully saturated rings. The van der Waals surface area contributed by atoms with E-state index in [1.807, 2.05) is 0 Å². The molecule has 0 radical (unpaired) electrons. The zero-order valence-corrected chi connectivity index (χ0v) is 15.8. The summed E-state index contributed by atoms with van der Waals surface area (Å²) in [5.74, 6) is -1.20. The highest BCUT2D eigenvalue weighted by Gasteiger charge is 2.30. The van der Waals surface area contributed by atoms with Gasteiger partial charge in [0.2, 0.25) is 5.91 Å². The van der Waals surface area contributed by atoms with Crippen LogP contribution in [-0.4, -0.2) is 48.8 Å². The molecule has 0 spiro atoms. The third-order valence-corrected chi connectivity index (χ3v) is 4.77. The highest BCUT2D eigenvalue weighted by Crippen LogP contribution is 2.30. The molecule has 1 saturated heterocycles. The summed E-state index contributed by atoms with van der Waals surface area (Å²) < 4.78 is 47.6. The molecule has 10 heteroatoms. The Bertz CT molecular complexity index is 779. The molecule has 1 aromatic rings. The predicted octanol–water partition coefficient (Wildman–Crippen LogP) is 2.77. The van der Waals surface area contributed by atoms with Gasteiger partial charge in [0.1, 0.15) is 0 Å². The molecule has 0 unspecified atom stereocenters. The van der Waals surface area contributed by atoms with E-state index in [-0.39, 0.29) is 36.8 Å². The van der Waals surface area contributed by atoms with Crippen LogP contribution in [0.25, 0.3) is 0 Å². The first kappa shape index (κ1) is 21.8. The second-order valence-electron chi connectivity index (χ2n) is 5.79. The maximum atomic E-state index is 12.7. The molecule has 1 aliphatic rings. The summed E-state index contributed by atoms with van der Waals surface area (Å²) in [5.41, 5.74) is -0.623. The Morgan fingerprint density at radius 2 is 2.07 bits per heavy atom. The SMILES string of the molecule is COC(=O)/C=C1/SCC(=O)N1CCCOC(=O)Cc1cccc(C(F)(F)F)c1. The van der Waals surface area contributed by atoms with Crippen LogP contribution in [0.3, 0.4) is 0 Å². The van der Waals surface area contributed by atoms with Crippen molar-refractivity contribution in [3.05, 3.63) is 46.5 Å². The average molecular weight is 417 g/mol. The van der Waals surface area contributed by atoms with E-state index in [0.29, 0.717) is 11.4 Å². The van der Waals surface area contributed by atoms with Crippen molar-refractivity contribution in [1.82, 2.24) is 4.90 Å². The fourth-order valence-corrected chi connectivity index (χ4v) is 3.37. The quantitative estimate of drug-likeness (QED) is 0.386. The van der Waals surface area contributed by atoms with Gasteiger partial charge in [0.15, 0.2) is 0 Å². The van der Waals surface area contributed by atoms with E-state index < -0.39 is 23.7 Å². The number of halogens is 3. The van der Waals surface area contributed by atoms with Crippen LogP contribution in [0.5, 0.6) is 0 Å². The summed E-state index contributed by atoms with van der Waals surface area (Å²) in [7, 11) is 1.23. The number of carbonyl (C=O) groups excluding carboxylic acids is 3. The van der Waals surface area contributed by atoms with Crippen molar-refractivity contribution in [3.63, 3.8) is 0 Å². The van der Waals surface area contributed by atoms with Crippen molar-refractivity contribution in [2.75, 3.05) is 26.0 Å². The van der Waals surface area contributed by atoms with Gasteiger partial charge in [0.05, 0.1) is 42.6 Å². The maximum absolute atomic E-state index is 12.7. The number of thioether (sulfide) groups is 1. The van der Waals surface area contributed by atoms with Gasteiger partial charge >= 0.3 is 18.1 Å². The van der Waals surface area contributed by atoms with Crippen LogP contribution in [-0.2, 0) is 36.5 Å². The number of nitrogens with zero attached hydrogens (tertiary/aromatic N) is 1. The van der Waals surface area contributed by atoms with E-state index in [2.05, 4.69) is 4.74 Å². The molecule has 0 aliphatic carbocycles. The molecule has 0 N–H and O–H groups in total. The van der Waals surface area contributed by atoms with Crippen LogP contribution in [0.4, 0.5) is 13.2 Å². The molecule has 1 aromatic carbocycles. The minimum absolute atomic E-state index is 0.00224. The highest BCUT2D eigenvalue weighted by atomic mass is 32.2. The van der Waals surface area contributed by atoms with E-state index in [4.69, 9.17) is 4.74 Å². The average Bonchev–Trinajstić information content (AvgIpc) is 2.97. The van der Waals surface area contributed by atoms with Gasteiger partial charge in [-0.15, -0.1) is 0 Å². The van der Waals surface area contributed by atoms with Crippen molar-refractivity contribution in [3.8, 4) is 0 Å². The number of carbonyl (C=O) groups is 3. The van der Waals surface area contributed by atoms with E-state index in [0.717, 1.165) is 12.1 Å². The molecule has 0 aromatic heterocycles. The summed E-state index contributed by atoms with van der Waals surface area (Å²) in [6.07, 6.45) is -3.22. The molecule has 0 bridgehead atoms. The standard InChI is InChI=1S/C18H18F3NO5S/c1-26-16(24)10-15-22(14(23)11-28-15)6-3-7-27-17(25)9-12-4-2-5-13(8-12)18(19,20)21/h2,4-5,8,10H,3,6-7,9,11H2,1H3/b15-10+. The molecule has 0 saturated carbocycles. The van der Waals surface area contributed by atoms with E-state index in [1.54, 1.807) is 0 Å². The molecule has 28 heavy (non-hydrogen) atoms. The second kappa shape index (κ2) is 9.63. The van der Waals surface area contributed by atoms with E-state index in [9.17, 15) is 27.6 Å². The third kappa shape index (κ3) is 6.29. The van der Waals surface area contributed by atoms with Crippen LogP contribution < -0.4 is 0 Å². The molecule has 2 rings (SSSR count). The zero-order valence-electron chi connectivity index (χ0n) is 15.0. The number of hydrogen-bond acceptors (Lipinski definition) is 6. The molecule has 1 heterocycles. The number of alkyl halides is 3. The molecular formula is C18H18F3NO5S. The lowest BCUT2D eigenvalue weighted by Gasteiger charge is -2.16. The Labute approximate surface area is 163 Å². The second-order valence-corrected chi connectivity index (χ2v) is 6.78. The largest absolute Gasteiger partial charge is 0.466 e. The molecule has 6 nitrogen and oxygen atoms in total. The van der Waals surface area contributed by atoms with Crippen molar-refractivity contribution < 1.29 is 37.0 Å². The summed E-state index contributed by atoms with van der Waals surface area (Å²) in [6.45, 7) is 0.239. The number of esters is 2. The van der Waals surface area contributed by atoms with E-state index in [1.165, 1.54) is 42.0 Å². The van der Waals surface area contributed by atoms with Crippen LogP contribution in [0.2, 0.25) is 0 Å². The number of ether oxygens (including phenoxy) is 2. The summed E-state index contributed by atoms with van der Waals surface area (Å²) in [4.78, 5) is 36.4. The first-order valence-electron chi connectivity index (χ1n) is 8.25. The van der Waals surface area contributed by atoms with Crippen LogP contribution in [0, 0.1) is 0 Å². The van der Waals surface area contributed by atoms with Gasteiger partial charge in [-0.2, -0.15) is 13.2 Å². The first-order valence-corrected chi connectivity index (χ1v) is 9.24. The topological polar surface area (TPSA) is 72.9 Å². The van der Waals surface area contributed by atoms with Gasteiger partial charge in [0, 0.05) is 6.54 Å². The predicted molar refractivity (Wildman–Crippen MR) is 95.0 cm³/mol. The molecular weight excluding hydrogens is 399 g/mol. The highest BCUT2D eigenvalue weighted by molar-refractivity contribution is 8.04. The summed E-state index contributed by atoms with van der Waals surface area (Å²) in [5, 5.41) is 0.465. The van der Waals surface area contributed by atoms with Gasteiger partial charge in [-0.3, -0.25) is 9.59 Å². The van der Waals surface area contributed by atoms with Crippen LogP contribution in [0.15, 0.2) is 35.4 Å². The third-order valence-electron chi connectivity index (χ3n) is 3.75. The van der Waals surface area contributed by atoms with Crippen molar-refractivity contribution in [1.29, 1.82) is 0 Å². The number of amides is 1. The molecule has 1 aliphatic heterocycles. The van der Waals surface area contributed by atoms with Crippen molar-refractivity contribution >= 4 is 29.6 Å². The molecule has 1 amide bonds. The maximum Gasteiger partial charge on any atom is 0.416 e. The Morgan fingerprint density at radius 1 is 1.32 bits per heavy atom. The monoisotopic (exact) mass is 417 g/mol. The fraction of sp³-hybridized carbons (Fsp3) is 0.389. The van der Waals surface area contributed by atoms with Gasteiger partial charge < -0.3 is 14.4 Å².